The summed E-state index contributed by atoms with van der Waals surface area (Å²) in [6, 6.07) is 4.09. The lowest BCUT2D eigenvalue weighted by Crippen LogP contribution is -1.74. The second-order valence-corrected chi connectivity index (χ2v) is 5.31. The van der Waals surface area contributed by atoms with Crippen LogP contribution in [0.3, 0.4) is 0 Å². The van der Waals surface area contributed by atoms with E-state index in [-0.39, 0.29) is 0 Å². The van der Waals surface area contributed by atoms with Gasteiger partial charge in [-0.15, -0.1) is 11.3 Å². The Morgan fingerprint density at radius 2 is 2.15 bits per heavy atom. The topological polar surface area (TPSA) is 0 Å². The fourth-order valence-corrected chi connectivity index (χ4v) is 3.65. The Balaban J connectivity index is 2.81. The van der Waals surface area contributed by atoms with Crippen molar-refractivity contribution >= 4 is 64.9 Å². The molecule has 0 aliphatic carbocycles. The first kappa shape index (κ1) is 9.97. The summed E-state index contributed by atoms with van der Waals surface area (Å²) >= 11 is 14.7. The third kappa shape index (κ3) is 1.67. The molecular formula is C9H5Br2ClS. The van der Waals surface area contributed by atoms with Gasteiger partial charge in [0.05, 0.1) is 9.72 Å². The van der Waals surface area contributed by atoms with Crippen molar-refractivity contribution in [3.8, 4) is 0 Å². The number of hydrogen-bond acceptors (Lipinski definition) is 1. The largest absolute Gasteiger partial charge is 0.142 e. The normalized spacial score (nSPS) is 11.0. The fraction of sp³-hybridized carbons (Fsp3) is 0.111. The highest BCUT2D eigenvalue weighted by atomic mass is 79.9. The number of fused-ring (bicyclic) bond motifs is 1. The highest BCUT2D eigenvalue weighted by Crippen LogP contribution is 2.37. The highest BCUT2D eigenvalue weighted by molar-refractivity contribution is 9.10. The molecule has 2 aromatic rings. The lowest BCUT2D eigenvalue weighted by atomic mass is 10.2. The molecule has 0 nitrogen and oxygen atoms in total. The Morgan fingerprint density at radius 3 is 2.85 bits per heavy atom. The van der Waals surface area contributed by atoms with Crippen molar-refractivity contribution < 1.29 is 0 Å². The first-order valence-electron chi connectivity index (χ1n) is 3.64. The van der Waals surface area contributed by atoms with Gasteiger partial charge >= 0.3 is 0 Å². The maximum atomic E-state index is 6.14. The zero-order valence-electron chi connectivity index (χ0n) is 6.48. The van der Waals surface area contributed by atoms with Gasteiger partial charge in [0.1, 0.15) is 0 Å². The van der Waals surface area contributed by atoms with E-state index in [9.17, 15) is 0 Å². The van der Waals surface area contributed by atoms with Crippen LogP contribution >= 0.6 is 54.8 Å². The number of hydrogen-bond donors (Lipinski definition) is 0. The van der Waals surface area contributed by atoms with E-state index in [0.29, 0.717) is 0 Å². The van der Waals surface area contributed by atoms with Gasteiger partial charge in [-0.05, 0) is 38.3 Å². The summed E-state index contributed by atoms with van der Waals surface area (Å²) in [5, 5.41) is 5.08. The molecule has 1 aromatic carbocycles. The minimum absolute atomic E-state index is 0.815. The molecule has 4 heteroatoms. The van der Waals surface area contributed by atoms with E-state index < -0.39 is 0 Å². The lowest BCUT2D eigenvalue weighted by molar-refractivity contribution is 1.54. The molecule has 1 aromatic heterocycles. The highest BCUT2D eigenvalue weighted by Gasteiger charge is 2.08. The van der Waals surface area contributed by atoms with Gasteiger partial charge in [0.2, 0.25) is 0 Å². The smallest absolute Gasteiger partial charge is 0.0726 e. The average molecular weight is 340 g/mol. The van der Waals surface area contributed by atoms with Gasteiger partial charge in [-0.1, -0.05) is 33.6 Å². The Kier molecular flexibility index (Phi) is 2.98. The monoisotopic (exact) mass is 338 g/mol. The van der Waals surface area contributed by atoms with Crippen LogP contribution < -0.4 is 0 Å². The molecule has 0 fully saturated rings. The molecule has 0 saturated heterocycles. The quantitative estimate of drug-likeness (QED) is 0.625. The SMILES string of the molecule is Clc1c(Br)ccc2c(CBr)csc12. The average Bonchev–Trinajstić information content (AvgIpc) is 2.55. The van der Waals surface area contributed by atoms with Gasteiger partial charge in [0.25, 0.3) is 0 Å². The minimum atomic E-state index is 0.815. The first-order chi connectivity index (χ1) is 6.24. The molecule has 0 radical (unpaired) electrons. The number of thiophene rings is 1. The van der Waals surface area contributed by atoms with Gasteiger partial charge in [0.15, 0.2) is 0 Å². The number of alkyl halides is 1. The molecule has 0 amide bonds. The third-order valence-corrected chi connectivity index (χ3v) is 4.92. The first-order valence-corrected chi connectivity index (χ1v) is 6.81. The lowest BCUT2D eigenvalue weighted by Gasteiger charge is -1.97. The molecule has 0 unspecified atom stereocenters. The summed E-state index contributed by atoms with van der Waals surface area (Å²) < 4.78 is 2.12. The van der Waals surface area contributed by atoms with E-state index in [2.05, 4.69) is 43.3 Å². The van der Waals surface area contributed by atoms with Gasteiger partial charge in [-0.2, -0.15) is 0 Å². The van der Waals surface area contributed by atoms with Crippen molar-refractivity contribution in [3.05, 3.63) is 32.6 Å². The van der Waals surface area contributed by atoms with Crippen LogP contribution in [0, 0.1) is 0 Å². The third-order valence-electron chi connectivity index (χ3n) is 1.86. The molecule has 0 N–H and O–H groups in total. The standard InChI is InChI=1S/C9H5Br2ClS/c10-3-5-4-13-9-6(5)1-2-7(11)8(9)12/h1-2,4H,3H2. The maximum Gasteiger partial charge on any atom is 0.0726 e. The summed E-state index contributed by atoms with van der Waals surface area (Å²) in [6.45, 7) is 0. The molecule has 2 rings (SSSR count). The zero-order chi connectivity index (χ0) is 9.42. The van der Waals surface area contributed by atoms with Gasteiger partial charge in [-0.3, -0.25) is 0 Å². The summed E-state index contributed by atoms with van der Waals surface area (Å²) in [6.07, 6.45) is 0. The summed E-state index contributed by atoms with van der Waals surface area (Å²) in [5.74, 6) is 0. The molecule has 0 saturated carbocycles. The van der Waals surface area contributed by atoms with Gasteiger partial charge < -0.3 is 0 Å². The predicted octanol–water partition coefficient (Wildman–Crippen LogP) is 5.21. The van der Waals surface area contributed by atoms with E-state index in [1.165, 1.54) is 10.9 Å². The van der Waals surface area contributed by atoms with Crippen LogP contribution in [0.2, 0.25) is 5.02 Å². The van der Waals surface area contributed by atoms with E-state index in [4.69, 9.17) is 11.6 Å². The van der Waals surface area contributed by atoms with E-state index in [0.717, 1.165) is 19.5 Å². The van der Waals surface area contributed by atoms with Crippen LogP contribution in [0.15, 0.2) is 22.0 Å². The van der Waals surface area contributed by atoms with Crippen LogP contribution in [0.25, 0.3) is 10.1 Å². The molecule has 0 spiro atoms. The van der Waals surface area contributed by atoms with Crippen molar-refractivity contribution in [2.45, 2.75) is 5.33 Å². The minimum Gasteiger partial charge on any atom is -0.142 e. The maximum absolute atomic E-state index is 6.14. The van der Waals surface area contributed by atoms with Crippen molar-refractivity contribution in [1.82, 2.24) is 0 Å². The molecule has 1 heterocycles. The predicted molar refractivity (Wildman–Crippen MR) is 67.2 cm³/mol. The fourth-order valence-electron chi connectivity index (χ4n) is 1.20. The van der Waals surface area contributed by atoms with Crippen LogP contribution in [0.5, 0.6) is 0 Å². The van der Waals surface area contributed by atoms with Crippen LogP contribution in [0.1, 0.15) is 5.56 Å². The summed E-state index contributed by atoms with van der Waals surface area (Å²) in [5.41, 5.74) is 1.30. The Labute approximate surface area is 102 Å². The van der Waals surface area contributed by atoms with Crippen molar-refractivity contribution in [2.24, 2.45) is 0 Å². The van der Waals surface area contributed by atoms with Crippen molar-refractivity contribution in [3.63, 3.8) is 0 Å². The number of rotatable bonds is 1. The molecule has 0 aliphatic rings. The Morgan fingerprint density at radius 1 is 1.38 bits per heavy atom. The van der Waals surface area contributed by atoms with Crippen molar-refractivity contribution in [2.75, 3.05) is 0 Å². The number of halogens is 3. The van der Waals surface area contributed by atoms with E-state index in [1.54, 1.807) is 11.3 Å². The van der Waals surface area contributed by atoms with Crippen LogP contribution in [-0.4, -0.2) is 0 Å². The zero-order valence-corrected chi connectivity index (χ0v) is 11.2. The molecule has 0 bridgehead atoms. The van der Waals surface area contributed by atoms with Crippen LogP contribution in [-0.2, 0) is 5.33 Å². The molecular weight excluding hydrogens is 335 g/mol. The second kappa shape index (κ2) is 3.89. The Hall–Kier alpha value is 0.430. The van der Waals surface area contributed by atoms with E-state index >= 15 is 0 Å². The van der Waals surface area contributed by atoms with Crippen molar-refractivity contribution in [1.29, 1.82) is 0 Å². The number of benzene rings is 1. The van der Waals surface area contributed by atoms with Gasteiger partial charge in [-0.25, -0.2) is 0 Å². The summed E-state index contributed by atoms with van der Waals surface area (Å²) in [7, 11) is 0. The molecule has 0 atom stereocenters. The van der Waals surface area contributed by atoms with E-state index in [1.807, 2.05) is 6.07 Å². The molecule has 13 heavy (non-hydrogen) atoms. The summed E-state index contributed by atoms with van der Waals surface area (Å²) in [4.78, 5) is 0. The molecule has 68 valence electrons. The van der Waals surface area contributed by atoms with Gasteiger partial charge in [0, 0.05) is 9.80 Å². The molecule has 0 aliphatic heterocycles. The second-order valence-electron chi connectivity index (χ2n) is 2.63. The Bertz CT molecular complexity index is 450. The van der Waals surface area contributed by atoms with Crippen LogP contribution in [0.4, 0.5) is 0 Å².